The molecule has 1 aromatic rings. The zero-order valence-electron chi connectivity index (χ0n) is 22.2. The molecule has 0 aliphatic heterocycles. The first-order valence-corrected chi connectivity index (χ1v) is 14.1. The molecule has 4 rings (SSSR count). The van der Waals surface area contributed by atoms with Crippen LogP contribution in [0.1, 0.15) is 89.2 Å². The fourth-order valence-corrected chi connectivity index (χ4v) is 5.61. The highest BCUT2D eigenvalue weighted by molar-refractivity contribution is 5.78. The van der Waals surface area contributed by atoms with Crippen LogP contribution in [0.3, 0.4) is 0 Å². The molecule has 0 radical (unpaired) electrons. The average molecular weight is 513 g/mol. The summed E-state index contributed by atoms with van der Waals surface area (Å²) in [6, 6.07) is 6.71. The molecule has 0 fully saturated rings. The van der Waals surface area contributed by atoms with Gasteiger partial charge in [-0.25, -0.2) is 17.6 Å². The highest BCUT2D eigenvalue weighted by Gasteiger charge is 2.34. The lowest BCUT2D eigenvalue weighted by molar-refractivity contribution is 0.237. The van der Waals surface area contributed by atoms with Crippen LogP contribution in [0.15, 0.2) is 71.4 Å². The maximum atomic E-state index is 15.2. The third kappa shape index (κ3) is 6.56. The molecule has 0 spiro atoms. The minimum absolute atomic E-state index is 0.284. The molecule has 0 saturated carbocycles. The van der Waals surface area contributed by atoms with Crippen molar-refractivity contribution in [3.8, 4) is 0 Å². The normalized spacial score (nSPS) is 28.2. The summed E-state index contributed by atoms with van der Waals surface area (Å²) in [4.78, 5) is 0. The van der Waals surface area contributed by atoms with Gasteiger partial charge in [0.15, 0.2) is 24.7 Å². The van der Waals surface area contributed by atoms with Gasteiger partial charge < -0.3 is 0 Å². The molecule has 200 valence electrons. The summed E-state index contributed by atoms with van der Waals surface area (Å²) in [5, 5.41) is 0. The zero-order valence-corrected chi connectivity index (χ0v) is 22.2. The molecule has 0 bridgehead atoms. The largest absolute Gasteiger partial charge is 0.239 e. The topological polar surface area (TPSA) is 0 Å². The summed E-state index contributed by atoms with van der Waals surface area (Å²) in [5.41, 5.74) is 3.59. The summed E-state index contributed by atoms with van der Waals surface area (Å²) in [7, 11) is 0. The first kappa shape index (κ1) is 27.7. The Kier molecular flexibility index (Phi) is 9.67. The Morgan fingerprint density at radius 3 is 1.84 bits per heavy atom. The molecule has 0 N–H and O–H groups in total. The van der Waals surface area contributed by atoms with Crippen molar-refractivity contribution >= 4 is 11.1 Å². The second kappa shape index (κ2) is 12.9. The Labute approximate surface area is 219 Å². The van der Waals surface area contributed by atoms with E-state index < -0.39 is 24.7 Å². The molecule has 37 heavy (non-hydrogen) atoms. The quantitative estimate of drug-likeness (QED) is 0.216. The average Bonchev–Trinajstić information content (AvgIpc) is 2.91. The first-order chi connectivity index (χ1) is 17.9. The predicted octanol–water partition coefficient (Wildman–Crippen LogP) is 10.2. The molecule has 3 aliphatic carbocycles. The number of alkyl halides is 4. The number of allylic oxidation sites excluding steroid dienone is 10. The van der Waals surface area contributed by atoms with E-state index in [2.05, 4.69) is 13.8 Å². The first-order valence-electron chi connectivity index (χ1n) is 14.1. The summed E-state index contributed by atoms with van der Waals surface area (Å²) in [6.45, 7) is 4.34. The van der Waals surface area contributed by atoms with Gasteiger partial charge in [-0.05, 0) is 77.0 Å². The van der Waals surface area contributed by atoms with Crippen molar-refractivity contribution in [1.29, 1.82) is 0 Å². The molecule has 5 atom stereocenters. The molecule has 0 nitrogen and oxygen atoms in total. The number of halogens is 4. The Morgan fingerprint density at radius 2 is 1.22 bits per heavy atom. The van der Waals surface area contributed by atoms with Gasteiger partial charge in [-0.2, -0.15) is 0 Å². The maximum Gasteiger partial charge on any atom is 0.161 e. The van der Waals surface area contributed by atoms with E-state index in [9.17, 15) is 4.39 Å². The molecule has 1 aromatic carbocycles. The third-order valence-corrected chi connectivity index (χ3v) is 8.09. The van der Waals surface area contributed by atoms with Gasteiger partial charge in [-0.1, -0.05) is 101 Å². The lowest BCUT2D eigenvalue weighted by atomic mass is 9.81. The Hall–Kier alpha value is -2.36. The van der Waals surface area contributed by atoms with Crippen molar-refractivity contribution in [3.63, 3.8) is 0 Å². The highest BCUT2D eigenvalue weighted by atomic mass is 19.2. The minimum Gasteiger partial charge on any atom is -0.239 e. The molecular weight excluding hydrogens is 472 g/mol. The monoisotopic (exact) mass is 512 g/mol. The van der Waals surface area contributed by atoms with E-state index in [0.717, 1.165) is 44.1 Å². The van der Waals surface area contributed by atoms with E-state index in [1.807, 2.05) is 6.08 Å². The molecule has 3 aliphatic rings. The van der Waals surface area contributed by atoms with Crippen LogP contribution in [-0.4, -0.2) is 24.7 Å². The molecule has 4 heteroatoms. The van der Waals surface area contributed by atoms with Crippen molar-refractivity contribution in [1.82, 2.24) is 0 Å². The molecule has 0 saturated heterocycles. The van der Waals surface area contributed by atoms with Crippen LogP contribution in [0.5, 0.6) is 0 Å². The Bertz CT molecular complexity index is 1070. The van der Waals surface area contributed by atoms with Gasteiger partial charge in [0, 0.05) is 0 Å². The van der Waals surface area contributed by atoms with E-state index >= 15 is 13.2 Å². The van der Waals surface area contributed by atoms with Gasteiger partial charge in [-0.3, -0.25) is 0 Å². The third-order valence-electron chi connectivity index (χ3n) is 8.09. The smallest absolute Gasteiger partial charge is 0.161 e. The fourth-order valence-electron chi connectivity index (χ4n) is 5.61. The van der Waals surface area contributed by atoms with Gasteiger partial charge in [0.05, 0.1) is 0 Å². The van der Waals surface area contributed by atoms with Crippen molar-refractivity contribution in [2.24, 2.45) is 5.92 Å². The fraction of sp³-hybridized carbons (Fsp3) is 0.515. The van der Waals surface area contributed by atoms with Crippen LogP contribution in [0.2, 0.25) is 0 Å². The van der Waals surface area contributed by atoms with E-state index in [0.29, 0.717) is 40.2 Å². The molecule has 0 aromatic heterocycles. The van der Waals surface area contributed by atoms with E-state index in [1.165, 1.54) is 19.3 Å². The number of hydrogen-bond acceptors (Lipinski definition) is 0. The zero-order chi connectivity index (χ0) is 26.4. The van der Waals surface area contributed by atoms with E-state index in [4.69, 9.17) is 0 Å². The minimum atomic E-state index is -1.75. The summed E-state index contributed by atoms with van der Waals surface area (Å²) < 4.78 is 60.2. The van der Waals surface area contributed by atoms with Crippen molar-refractivity contribution < 1.29 is 17.6 Å². The molecule has 0 heterocycles. The van der Waals surface area contributed by atoms with Crippen LogP contribution in [0.25, 0.3) is 11.1 Å². The summed E-state index contributed by atoms with van der Waals surface area (Å²) in [5.74, 6) is 0.579. The van der Waals surface area contributed by atoms with Crippen LogP contribution in [0.4, 0.5) is 17.6 Å². The number of unbranched alkanes of at least 4 members (excludes halogenated alkanes) is 5. The SMILES string of the molecule is CCCCCCCCC1=CC=C(c2ccc(C3=CC=C(C4=CCC(C)CC4)C(F)C3F)cc2)C(F)C1F. The predicted molar refractivity (Wildman–Crippen MR) is 147 cm³/mol. The maximum absolute atomic E-state index is 15.2. The van der Waals surface area contributed by atoms with Crippen LogP contribution in [-0.2, 0) is 0 Å². The van der Waals surface area contributed by atoms with Gasteiger partial charge in [0.2, 0.25) is 0 Å². The van der Waals surface area contributed by atoms with Gasteiger partial charge in [-0.15, -0.1) is 0 Å². The molecular formula is C33H40F4. The number of rotatable bonds is 10. The summed E-state index contributed by atoms with van der Waals surface area (Å²) in [6.07, 6.45) is 11.9. The van der Waals surface area contributed by atoms with Gasteiger partial charge in [0.25, 0.3) is 0 Å². The van der Waals surface area contributed by atoms with E-state index in [-0.39, 0.29) is 5.57 Å². The van der Waals surface area contributed by atoms with Crippen LogP contribution in [0, 0.1) is 5.92 Å². The Balaban J connectivity index is 1.44. The van der Waals surface area contributed by atoms with Gasteiger partial charge >= 0.3 is 0 Å². The van der Waals surface area contributed by atoms with Crippen LogP contribution < -0.4 is 0 Å². The second-order valence-electron chi connectivity index (χ2n) is 10.9. The van der Waals surface area contributed by atoms with Crippen molar-refractivity contribution in [2.75, 3.05) is 0 Å². The second-order valence-corrected chi connectivity index (χ2v) is 10.9. The lowest BCUT2D eigenvalue weighted by Gasteiger charge is -2.28. The van der Waals surface area contributed by atoms with Crippen molar-refractivity contribution in [2.45, 2.75) is 103 Å². The Morgan fingerprint density at radius 1 is 0.676 bits per heavy atom. The molecule has 5 unspecified atom stereocenters. The van der Waals surface area contributed by atoms with Gasteiger partial charge in [0.1, 0.15) is 0 Å². The van der Waals surface area contributed by atoms with E-state index in [1.54, 1.807) is 48.6 Å². The molecule has 0 amide bonds. The summed E-state index contributed by atoms with van der Waals surface area (Å²) >= 11 is 0. The standard InChI is InChI=1S/C33H40F4/c1-3-4-5-6-7-8-9-26-18-19-27(31(35)30(26)34)24-14-16-25(17-15-24)29-21-20-28(32(36)33(29)37)23-12-10-22(2)11-13-23/h12,14-22,30-33H,3-11,13H2,1-2H3. The van der Waals surface area contributed by atoms with Crippen LogP contribution >= 0.6 is 0 Å². The lowest BCUT2D eigenvalue weighted by Crippen LogP contribution is -2.26. The number of benzene rings is 1. The van der Waals surface area contributed by atoms with Crippen molar-refractivity contribution in [3.05, 3.63) is 82.5 Å². The number of hydrogen-bond donors (Lipinski definition) is 0. The highest BCUT2D eigenvalue weighted by Crippen LogP contribution is 2.39.